The molecule has 0 saturated carbocycles. The van der Waals surface area contributed by atoms with Crippen molar-refractivity contribution in [1.82, 2.24) is 4.90 Å². The van der Waals surface area contributed by atoms with E-state index < -0.39 is 0 Å². The van der Waals surface area contributed by atoms with Crippen LogP contribution in [0, 0.1) is 0 Å². The summed E-state index contributed by atoms with van der Waals surface area (Å²) in [5, 5.41) is 3.59. The summed E-state index contributed by atoms with van der Waals surface area (Å²) in [5.41, 5.74) is 7.69. The first-order valence-electron chi connectivity index (χ1n) is 7.60. The highest BCUT2D eigenvalue weighted by molar-refractivity contribution is 7.80. The normalized spacial score (nSPS) is 16.7. The van der Waals surface area contributed by atoms with Gasteiger partial charge in [-0.15, -0.1) is 0 Å². The second kappa shape index (κ2) is 7.61. The molecule has 0 amide bonds. The molecule has 1 aromatic carbocycles. The summed E-state index contributed by atoms with van der Waals surface area (Å²) >= 11 is 5.14. The number of hydrogen-bond donors (Lipinski definition) is 2. The zero-order chi connectivity index (χ0) is 15.2. The lowest BCUT2D eigenvalue weighted by Gasteiger charge is -2.33. The van der Waals surface area contributed by atoms with Gasteiger partial charge in [-0.1, -0.05) is 19.1 Å². The van der Waals surface area contributed by atoms with Crippen LogP contribution in [0.3, 0.4) is 0 Å². The van der Waals surface area contributed by atoms with Crippen molar-refractivity contribution in [2.45, 2.75) is 32.2 Å². The number of ether oxygens (including phenoxy) is 1. The van der Waals surface area contributed by atoms with Crippen LogP contribution in [0.25, 0.3) is 0 Å². The van der Waals surface area contributed by atoms with Crippen molar-refractivity contribution in [3.05, 3.63) is 23.8 Å². The van der Waals surface area contributed by atoms with E-state index >= 15 is 0 Å². The van der Waals surface area contributed by atoms with Crippen molar-refractivity contribution in [1.29, 1.82) is 0 Å². The van der Waals surface area contributed by atoms with Crippen molar-refractivity contribution in [2.75, 3.05) is 32.1 Å². The quantitative estimate of drug-likeness (QED) is 0.791. The summed E-state index contributed by atoms with van der Waals surface area (Å²) < 4.78 is 5.30. The Morgan fingerprint density at radius 3 is 2.71 bits per heavy atom. The molecule has 21 heavy (non-hydrogen) atoms. The first-order chi connectivity index (χ1) is 10.1. The summed E-state index contributed by atoms with van der Waals surface area (Å²) in [6.07, 6.45) is 3.52. The molecule has 0 atom stereocenters. The minimum atomic E-state index is 0.420. The topological polar surface area (TPSA) is 50.5 Å². The van der Waals surface area contributed by atoms with E-state index in [2.05, 4.69) is 17.1 Å². The van der Waals surface area contributed by atoms with Gasteiger partial charge in [0, 0.05) is 36.4 Å². The van der Waals surface area contributed by atoms with E-state index in [1.165, 1.54) is 13.0 Å². The first-order valence-corrected chi connectivity index (χ1v) is 8.01. The number of anilines is 1. The van der Waals surface area contributed by atoms with Crippen LogP contribution in [0.4, 0.5) is 5.69 Å². The van der Waals surface area contributed by atoms with Crippen LogP contribution < -0.4 is 15.8 Å². The van der Waals surface area contributed by atoms with Crippen LogP contribution in [0.5, 0.6) is 5.75 Å². The van der Waals surface area contributed by atoms with Gasteiger partial charge in [0.1, 0.15) is 10.7 Å². The molecule has 1 aromatic rings. The van der Waals surface area contributed by atoms with E-state index in [-0.39, 0.29) is 0 Å². The third kappa shape index (κ3) is 4.32. The van der Waals surface area contributed by atoms with Crippen LogP contribution in [-0.2, 0) is 0 Å². The molecule has 1 heterocycles. The van der Waals surface area contributed by atoms with E-state index in [9.17, 15) is 0 Å². The second-order valence-electron chi connectivity index (χ2n) is 5.54. The lowest BCUT2D eigenvalue weighted by atomic mass is 10.0. The number of thiocarbonyl (C=S) groups is 1. The van der Waals surface area contributed by atoms with Gasteiger partial charge in [0.15, 0.2) is 0 Å². The highest BCUT2D eigenvalue weighted by Crippen LogP contribution is 2.25. The predicted octanol–water partition coefficient (Wildman–Crippen LogP) is 2.62. The van der Waals surface area contributed by atoms with Gasteiger partial charge >= 0.3 is 0 Å². The highest BCUT2D eigenvalue weighted by Gasteiger charge is 2.19. The Balaban J connectivity index is 2.03. The molecule has 4 nitrogen and oxygen atoms in total. The van der Waals surface area contributed by atoms with Crippen LogP contribution in [0.15, 0.2) is 18.2 Å². The molecular weight excluding hydrogens is 282 g/mol. The molecule has 0 spiro atoms. The van der Waals surface area contributed by atoms with Gasteiger partial charge < -0.3 is 20.7 Å². The maximum absolute atomic E-state index is 5.82. The van der Waals surface area contributed by atoms with Crippen LogP contribution >= 0.6 is 12.2 Å². The molecule has 1 aliphatic heterocycles. The third-order valence-corrected chi connectivity index (χ3v) is 4.20. The average Bonchev–Trinajstić information content (AvgIpc) is 2.49. The van der Waals surface area contributed by atoms with Gasteiger partial charge in [-0.25, -0.2) is 0 Å². The summed E-state index contributed by atoms with van der Waals surface area (Å²) in [6, 6.07) is 6.27. The molecule has 2 rings (SSSR count). The molecule has 1 saturated heterocycles. The minimum absolute atomic E-state index is 0.420. The number of piperidine rings is 1. The molecule has 0 bridgehead atoms. The smallest absolute Gasteiger partial charge is 0.120 e. The number of nitrogens with zero attached hydrogens (tertiary/aromatic N) is 1. The minimum Gasteiger partial charge on any atom is -0.497 e. The fourth-order valence-corrected chi connectivity index (χ4v) is 3.00. The first kappa shape index (κ1) is 16.0. The number of methoxy groups -OCH3 is 1. The Labute approximate surface area is 132 Å². The molecule has 3 N–H and O–H groups in total. The summed E-state index contributed by atoms with van der Waals surface area (Å²) in [5.74, 6) is 0.820. The lowest BCUT2D eigenvalue weighted by Crippen LogP contribution is -2.39. The molecule has 0 aliphatic carbocycles. The summed E-state index contributed by atoms with van der Waals surface area (Å²) in [7, 11) is 1.67. The van der Waals surface area contributed by atoms with Crippen molar-refractivity contribution >= 4 is 22.9 Å². The SMILES string of the molecule is CCCN1CCC(Nc2cc(OC)ccc2C(N)=S)CC1. The van der Waals surface area contributed by atoms with E-state index in [0.29, 0.717) is 11.0 Å². The standard InChI is InChI=1S/C16H25N3OS/c1-3-8-19-9-6-12(7-10-19)18-15-11-13(20-2)4-5-14(15)16(17)21/h4-5,11-12,18H,3,6-10H2,1-2H3,(H2,17,21). The van der Waals surface area contributed by atoms with Gasteiger partial charge in [-0.2, -0.15) is 0 Å². The summed E-state index contributed by atoms with van der Waals surface area (Å²) in [4.78, 5) is 2.95. The zero-order valence-corrected chi connectivity index (χ0v) is 13.7. The fraction of sp³-hybridized carbons (Fsp3) is 0.562. The number of likely N-dealkylation sites (tertiary alicyclic amines) is 1. The van der Waals surface area contributed by atoms with E-state index in [1.54, 1.807) is 7.11 Å². The molecule has 0 unspecified atom stereocenters. The monoisotopic (exact) mass is 307 g/mol. The largest absolute Gasteiger partial charge is 0.497 e. The van der Waals surface area contributed by atoms with Crippen molar-refractivity contribution < 1.29 is 4.74 Å². The molecule has 1 aliphatic rings. The Morgan fingerprint density at radius 1 is 1.43 bits per heavy atom. The predicted molar refractivity (Wildman–Crippen MR) is 92.3 cm³/mol. The maximum Gasteiger partial charge on any atom is 0.120 e. The average molecular weight is 307 g/mol. The number of nitrogens with one attached hydrogen (secondary N) is 1. The van der Waals surface area contributed by atoms with Crippen LogP contribution in [0.2, 0.25) is 0 Å². The second-order valence-corrected chi connectivity index (χ2v) is 5.98. The zero-order valence-electron chi connectivity index (χ0n) is 12.9. The van der Waals surface area contributed by atoms with E-state index in [1.807, 2.05) is 18.2 Å². The molecule has 0 radical (unpaired) electrons. The molecule has 1 fully saturated rings. The maximum atomic E-state index is 5.82. The van der Waals surface area contributed by atoms with E-state index in [4.69, 9.17) is 22.7 Å². The van der Waals surface area contributed by atoms with Crippen molar-refractivity contribution in [2.24, 2.45) is 5.73 Å². The number of hydrogen-bond acceptors (Lipinski definition) is 4. The molecule has 5 heteroatoms. The van der Waals surface area contributed by atoms with Gasteiger partial charge in [-0.3, -0.25) is 0 Å². The summed E-state index contributed by atoms with van der Waals surface area (Å²) in [6.45, 7) is 5.73. The van der Waals surface area contributed by atoms with Crippen LogP contribution in [-0.4, -0.2) is 42.7 Å². The number of rotatable bonds is 6. The molecule has 0 aromatic heterocycles. The highest BCUT2D eigenvalue weighted by atomic mass is 32.1. The van der Waals surface area contributed by atoms with Crippen molar-refractivity contribution in [3.8, 4) is 5.75 Å². The van der Waals surface area contributed by atoms with Gasteiger partial charge in [0.05, 0.1) is 7.11 Å². The Kier molecular flexibility index (Phi) is 5.82. The molecular formula is C16H25N3OS. The van der Waals surface area contributed by atoms with Gasteiger partial charge in [-0.05, 0) is 37.9 Å². The number of benzene rings is 1. The van der Waals surface area contributed by atoms with Gasteiger partial charge in [0.2, 0.25) is 0 Å². The Morgan fingerprint density at radius 2 is 2.14 bits per heavy atom. The van der Waals surface area contributed by atoms with Crippen molar-refractivity contribution in [3.63, 3.8) is 0 Å². The number of nitrogens with two attached hydrogens (primary N) is 1. The molecule has 116 valence electrons. The van der Waals surface area contributed by atoms with Crippen LogP contribution in [0.1, 0.15) is 31.7 Å². The Hall–Kier alpha value is -1.33. The fourth-order valence-electron chi connectivity index (χ4n) is 2.82. The van der Waals surface area contributed by atoms with Gasteiger partial charge in [0.25, 0.3) is 0 Å². The Bertz CT molecular complexity index is 484. The third-order valence-electron chi connectivity index (χ3n) is 3.98. The van der Waals surface area contributed by atoms with E-state index in [0.717, 1.165) is 42.9 Å². The lowest BCUT2D eigenvalue weighted by molar-refractivity contribution is 0.219.